The number of hydrogen-bond donors (Lipinski definition) is 1. The molecule has 1 atom stereocenters. The van der Waals surface area contributed by atoms with E-state index in [1.165, 1.54) is 25.9 Å². The number of nitrogens with one attached hydrogen (secondary N) is 1. The summed E-state index contributed by atoms with van der Waals surface area (Å²) in [6, 6.07) is 0. The van der Waals surface area contributed by atoms with E-state index < -0.39 is 0 Å². The highest BCUT2D eigenvalue weighted by molar-refractivity contribution is 4.73. The predicted molar refractivity (Wildman–Crippen MR) is 65.8 cm³/mol. The third-order valence-corrected chi connectivity index (χ3v) is 3.08. The third-order valence-electron chi connectivity index (χ3n) is 3.08. The number of likely N-dealkylation sites (tertiary alicyclic amines) is 1. The lowest BCUT2D eigenvalue weighted by molar-refractivity contribution is 0.0495. The van der Waals surface area contributed by atoms with Gasteiger partial charge in [0.05, 0.1) is 19.8 Å². The largest absolute Gasteiger partial charge is 0.382 e. The van der Waals surface area contributed by atoms with Crippen molar-refractivity contribution < 1.29 is 9.47 Å². The second-order valence-corrected chi connectivity index (χ2v) is 4.47. The highest BCUT2D eigenvalue weighted by Crippen LogP contribution is 2.14. The van der Waals surface area contributed by atoms with Gasteiger partial charge in [-0.1, -0.05) is 0 Å². The summed E-state index contributed by atoms with van der Waals surface area (Å²) in [5.41, 5.74) is 0. The van der Waals surface area contributed by atoms with Crippen LogP contribution in [0.4, 0.5) is 0 Å². The Morgan fingerprint density at radius 1 is 1.31 bits per heavy atom. The van der Waals surface area contributed by atoms with Crippen LogP contribution in [0.3, 0.4) is 0 Å². The molecule has 1 fully saturated rings. The van der Waals surface area contributed by atoms with Crippen LogP contribution in [-0.4, -0.2) is 65.1 Å². The first-order chi connectivity index (χ1) is 7.86. The van der Waals surface area contributed by atoms with Gasteiger partial charge in [0, 0.05) is 20.2 Å². The lowest BCUT2D eigenvalue weighted by Crippen LogP contribution is -2.40. The third kappa shape index (κ3) is 5.80. The minimum absolute atomic E-state index is 0.697. The zero-order valence-electron chi connectivity index (χ0n) is 10.7. The molecule has 0 spiro atoms. The smallest absolute Gasteiger partial charge is 0.0700 e. The van der Waals surface area contributed by atoms with Crippen molar-refractivity contribution in [2.45, 2.75) is 12.8 Å². The fourth-order valence-electron chi connectivity index (χ4n) is 2.25. The Bertz CT molecular complexity index is 165. The van der Waals surface area contributed by atoms with Crippen LogP contribution in [0, 0.1) is 5.92 Å². The summed E-state index contributed by atoms with van der Waals surface area (Å²) >= 11 is 0. The van der Waals surface area contributed by atoms with Crippen LogP contribution in [0.1, 0.15) is 12.8 Å². The van der Waals surface area contributed by atoms with Crippen molar-refractivity contribution in [3.63, 3.8) is 0 Å². The molecule has 0 aromatic rings. The van der Waals surface area contributed by atoms with Crippen LogP contribution in [-0.2, 0) is 9.47 Å². The standard InChI is InChI=1S/C12H26N2O2/c1-13-10-12-4-3-5-14(11-12)6-7-16-9-8-15-2/h12-13H,3-11H2,1-2H3. The Morgan fingerprint density at radius 3 is 2.94 bits per heavy atom. The van der Waals surface area contributed by atoms with Crippen molar-refractivity contribution in [1.29, 1.82) is 0 Å². The van der Waals surface area contributed by atoms with Crippen LogP contribution in [0.2, 0.25) is 0 Å². The Balaban J connectivity index is 2.02. The first kappa shape index (κ1) is 13.9. The van der Waals surface area contributed by atoms with Crippen LogP contribution < -0.4 is 5.32 Å². The van der Waals surface area contributed by atoms with Gasteiger partial charge in [0.15, 0.2) is 0 Å². The van der Waals surface area contributed by atoms with E-state index in [0.29, 0.717) is 13.2 Å². The molecule has 4 heteroatoms. The van der Waals surface area contributed by atoms with Gasteiger partial charge in [-0.15, -0.1) is 0 Å². The molecule has 0 saturated carbocycles. The molecule has 1 aliphatic rings. The summed E-state index contributed by atoms with van der Waals surface area (Å²) < 4.78 is 10.4. The summed E-state index contributed by atoms with van der Waals surface area (Å²) in [5, 5.41) is 3.27. The van der Waals surface area contributed by atoms with Gasteiger partial charge in [-0.05, 0) is 38.9 Å². The highest BCUT2D eigenvalue weighted by Gasteiger charge is 2.18. The second kappa shape index (κ2) is 8.93. The number of piperidine rings is 1. The zero-order valence-corrected chi connectivity index (χ0v) is 10.7. The molecule has 1 unspecified atom stereocenters. The monoisotopic (exact) mass is 230 g/mol. The van der Waals surface area contributed by atoms with E-state index in [4.69, 9.17) is 9.47 Å². The van der Waals surface area contributed by atoms with Crippen molar-refractivity contribution in [1.82, 2.24) is 10.2 Å². The Kier molecular flexibility index (Phi) is 7.76. The molecule has 1 rings (SSSR count). The van der Waals surface area contributed by atoms with E-state index >= 15 is 0 Å². The van der Waals surface area contributed by atoms with Gasteiger partial charge >= 0.3 is 0 Å². The van der Waals surface area contributed by atoms with Gasteiger partial charge in [0.2, 0.25) is 0 Å². The first-order valence-electron chi connectivity index (χ1n) is 6.30. The van der Waals surface area contributed by atoms with Gasteiger partial charge in [0.25, 0.3) is 0 Å². The Morgan fingerprint density at radius 2 is 2.19 bits per heavy atom. The molecule has 1 aliphatic heterocycles. The van der Waals surface area contributed by atoms with Crippen molar-refractivity contribution in [3.8, 4) is 0 Å². The number of nitrogens with zero attached hydrogens (tertiary/aromatic N) is 1. The van der Waals surface area contributed by atoms with E-state index in [2.05, 4.69) is 10.2 Å². The number of hydrogen-bond acceptors (Lipinski definition) is 4. The fraction of sp³-hybridized carbons (Fsp3) is 1.00. The molecule has 0 bridgehead atoms. The van der Waals surface area contributed by atoms with Gasteiger partial charge in [-0.25, -0.2) is 0 Å². The van der Waals surface area contributed by atoms with Crippen molar-refractivity contribution in [2.24, 2.45) is 5.92 Å². The molecule has 0 aliphatic carbocycles. The lowest BCUT2D eigenvalue weighted by Gasteiger charge is -2.32. The summed E-state index contributed by atoms with van der Waals surface area (Å²) in [5.74, 6) is 0.817. The molecular weight excluding hydrogens is 204 g/mol. The van der Waals surface area contributed by atoms with Crippen molar-refractivity contribution in [2.75, 3.05) is 60.2 Å². The summed E-state index contributed by atoms with van der Waals surface area (Å²) in [6.07, 6.45) is 2.69. The second-order valence-electron chi connectivity index (χ2n) is 4.47. The van der Waals surface area contributed by atoms with Crippen molar-refractivity contribution in [3.05, 3.63) is 0 Å². The molecule has 0 amide bonds. The lowest BCUT2D eigenvalue weighted by atomic mass is 9.98. The maximum absolute atomic E-state index is 5.49. The number of rotatable bonds is 8. The zero-order chi connectivity index (χ0) is 11.6. The average molecular weight is 230 g/mol. The minimum Gasteiger partial charge on any atom is -0.382 e. The summed E-state index contributed by atoms with van der Waals surface area (Å²) in [6.45, 7) is 6.88. The predicted octanol–water partition coefficient (Wildman–Crippen LogP) is 0.581. The molecule has 0 aromatic carbocycles. The van der Waals surface area contributed by atoms with Crippen LogP contribution in [0.5, 0.6) is 0 Å². The average Bonchev–Trinajstić information content (AvgIpc) is 2.30. The van der Waals surface area contributed by atoms with E-state index in [0.717, 1.165) is 25.6 Å². The molecule has 16 heavy (non-hydrogen) atoms. The molecule has 1 saturated heterocycles. The van der Waals surface area contributed by atoms with E-state index in [1.807, 2.05) is 7.05 Å². The van der Waals surface area contributed by atoms with Gasteiger partial charge < -0.3 is 19.7 Å². The molecule has 0 aromatic heterocycles. The van der Waals surface area contributed by atoms with Gasteiger partial charge in [-0.3, -0.25) is 0 Å². The topological polar surface area (TPSA) is 33.7 Å². The normalized spacial score (nSPS) is 22.5. The fourth-order valence-corrected chi connectivity index (χ4v) is 2.25. The highest BCUT2D eigenvalue weighted by atomic mass is 16.5. The van der Waals surface area contributed by atoms with Gasteiger partial charge in [-0.2, -0.15) is 0 Å². The maximum atomic E-state index is 5.49. The minimum atomic E-state index is 0.697. The van der Waals surface area contributed by atoms with E-state index in [-0.39, 0.29) is 0 Å². The van der Waals surface area contributed by atoms with Crippen molar-refractivity contribution >= 4 is 0 Å². The summed E-state index contributed by atoms with van der Waals surface area (Å²) in [4.78, 5) is 2.51. The van der Waals surface area contributed by atoms with Crippen LogP contribution >= 0.6 is 0 Å². The maximum Gasteiger partial charge on any atom is 0.0700 e. The van der Waals surface area contributed by atoms with Crippen LogP contribution in [0.25, 0.3) is 0 Å². The molecule has 96 valence electrons. The SMILES string of the molecule is CNCC1CCCN(CCOCCOC)C1. The van der Waals surface area contributed by atoms with Crippen LogP contribution in [0.15, 0.2) is 0 Å². The molecular formula is C12H26N2O2. The molecule has 0 radical (unpaired) electrons. The number of ether oxygens (including phenoxy) is 2. The number of methoxy groups -OCH3 is 1. The molecule has 4 nitrogen and oxygen atoms in total. The molecule has 1 N–H and O–H groups in total. The van der Waals surface area contributed by atoms with E-state index in [9.17, 15) is 0 Å². The molecule has 1 heterocycles. The van der Waals surface area contributed by atoms with E-state index in [1.54, 1.807) is 7.11 Å². The Labute approximate surface area is 99.3 Å². The van der Waals surface area contributed by atoms with Gasteiger partial charge in [0.1, 0.15) is 0 Å². The summed E-state index contributed by atoms with van der Waals surface area (Å²) in [7, 11) is 3.74. The first-order valence-corrected chi connectivity index (χ1v) is 6.30. The quantitative estimate of drug-likeness (QED) is 0.619. The Hall–Kier alpha value is -0.160.